The highest BCUT2D eigenvalue weighted by Gasteiger charge is 2.49. The molecule has 0 aromatic heterocycles. The Morgan fingerprint density at radius 3 is 1.55 bits per heavy atom. The molecule has 64 heavy (non-hydrogen) atoms. The van der Waals surface area contributed by atoms with Crippen molar-refractivity contribution in [3.05, 3.63) is 148 Å². The highest BCUT2D eigenvalue weighted by Crippen LogP contribution is 2.55. The molecule has 10 rings (SSSR count). The monoisotopic (exact) mass is 843 g/mol. The summed E-state index contributed by atoms with van der Waals surface area (Å²) in [5.41, 5.74) is 26.1. The van der Waals surface area contributed by atoms with E-state index >= 15 is 0 Å². The molecule has 6 aromatic rings. The van der Waals surface area contributed by atoms with Crippen LogP contribution in [0, 0.1) is 13.8 Å². The summed E-state index contributed by atoms with van der Waals surface area (Å²) in [6.07, 6.45) is 3.51. The van der Waals surface area contributed by atoms with Crippen molar-refractivity contribution < 1.29 is 0 Å². The third-order valence-electron chi connectivity index (χ3n) is 16.2. The van der Waals surface area contributed by atoms with E-state index in [1.54, 1.807) is 0 Å². The molecule has 2 aliphatic carbocycles. The fraction of sp³-hybridized carbons (Fsp3) is 0.410. The van der Waals surface area contributed by atoms with E-state index in [1.165, 1.54) is 119 Å². The second-order valence-corrected chi connectivity index (χ2v) is 25.0. The van der Waals surface area contributed by atoms with Crippen LogP contribution in [0.25, 0.3) is 11.1 Å². The van der Waals surface area contributed by atoms with Gasteiger partial charge in [-0.2, -0.15) is 0 Å². The molecule has 2 aliphatic heterocycles. The zero-order chi connectivity index (χ0) is 45.8. The summed E-state index contributed by atoms with van der Waals surface area (Å²) in [6.45, 7) is 38.8. The Hall–Kier alpha value is -5.02. The van der Waals surface area contributed by atoms with Gasteiger partial charge in [0.25, 0.3) is 6.71 Å². The van der Waals surface area contributed by atoms with Gasteiger partial charge < -0.3 is 9.80 Å². The minimum atomic E-state index is -0.100. The predicted molar refractivity (Wildman–Crippen MR) is 279 cm³/mol. The van der Waals surface area contributed by atoms with Gasteiger partial charge in [0, 0.05) is 34.1 Å². The molecule has 2 nitrogen and oxygen atoms in total. The smallest absolute Gasteiger partial charge is 0.252 e. The zero-order valence-electron chi connectivity index (χ0n) is 41.9. The predicted octanol–water partition coefficient (Wildman–Crippen LogP) is 15.0. The van der Waals surface area contributed by atoms with E-state index in [2.05, 4.69) is 224 Å². The molecule has 0 saturated carbocycles. The van der Waals surface area contributed by atoms with E-state index in [0.717, 1.165) is 6.42 Å². The molecule has 0 fully saturated rings. The minimum Gasteiger partial charge on any atom is -0.311 e. The number of hydrogen-bond acceptors (Lipinski definition) is 2. The summed E-state index contributed by atoms with van der Waals surface area (Å²) < 4.78 is 0. The molecule has 0 bridgehead atoms. The molecule has 0 radical (unpaired) electrons. The maximum Gasteiger partial charge on any atom is 0.252 e. The lowest BCUT2D eigenvalue weighted by Gasteiger charge is -2.48. The number of fused-ring (bicyclic) bond motifs is 6. The van der Waals surface area contributed by atoms with Gasteiger partial charge in [-0.15, -0.1) is 0 Å². The first-order valence-electron chi connectivity index (χ1n) is 24.2. The molecular formula is C61H71BN2. The van der Waals surface area contributed by atoms with Crippen LogP contribution in [-0.2, 0) is 32.5 Å². The summed E-state index contributed by atoms with van der Waals surface area (Å²) in [6, 6.07) is 41.2. The summed E-state index contributed by atoms with van der Waals surface area (Å²) >= 11 is 0. The minimum absolute atomic E-state index is 0.0181. The van der Waals surface area contributed by atoms with Crippen LogP contribution in [-0.4, -0.2) is 6.71 Å². The third kappa shape index (κ3) is 6.48. The van der Waals surface area contributed by atoms with E-state index in [1.807, 2.05) is 0 Å². The van der Waals surface area contributed by atoms with Crippen LogP contribution in [0.3, 0.4) is 0 Å². The molecule has 0 amide bonds. The van der Waals surface area contributed by atoms with Crippen LogP contribution in [0.5, 0.6) is 0 Å². The van der Waals surface area contributed by atoms with Gasteiger partial charge in [0.15, 0.2) is 0 Å². The second-order valence-electron chi connectivity index (χ2n) is 25.0. The molecule has 2 heterocycles. The Labute approximate surface area is 386 Å². The number of nitrogens with zero attached hydrogens (tertiary/aromatic N) is 2. The van der Waals surface area contributed by atoms with Crippen molar-refractivity contribution in [2.45, 2.75) is 163 Å². The lowest BCUT2D eigenvalue weighted by molar-refractivity contribution is 0.332. The summed E-state index contributed by atoms with van der Waals surface area (Å²) in [7, 11) is 0. The van der Waals surface area contributed by atoms with Gasteiger partial charge in [-0.3, -0.25) is 0 Å². The molecule has 0 unspecified atom stereocenters. The number of hydrogen-bond donors (Lipinski definition) is 0. The quantitative estimate of drug-likeness (QED) is 0.164. The van der Waals surface area contributed by atoms with E-state index < -0.39 is 0 Å². The van der Waals surface area contributed by atoms with Crippen molar-refractivity contribution in [2.75, 3.05) is 9.80 Å². The Morgan fingerprint density at radius 1 is 0.422 bits per heavy atom. The molecule has 4 aliphatic rings. The first-order valence-corrected chi connectivity index (χ1v) is 24.2. The fourth-order valence-corrected chi connectivity index (χ4v) is 12.5. The molecule has 0 spiro atoms. The maximum absolute atomic E-state index is 2.75. The molecule has 328 valence electrons. The van der Waals surface area contributed by atoms with E-state index in [4.69, 9.17) is 0 Å². The Bertz CT molecular complexity index is 2910. The average molecular weight is 843 g/mol. The van der Waals surface area contributed by atoms with Crippen molar-refractivity contribution in [3.8, 4) is 11.1 Å². The normalized spacial score (nSPS) is 18.5. The van der Waals surface area contributed by atoms with Gasteiger partial charge >= 0.3 is 0 Å². The van der Waals surface area contributed by atoms with Crippen LogP contribution in [0.1, 0.15) is 161 Å². The third-order valence-corrected chi connectivity index (χ3v) is 16.2. The largest absolute Gasteiger partial charge is 0.311 e. The molecule has 0 N–H and O–H groups in total. The van der Waals surface area contributed by atoms with Crippen LogP contribution in [0.2, 0.25) is 0 Å². The number of rotatable bonds is 3. The van der Waals surface area contributed by atoms with Gasteiger partial charge in [0.2, 0.25) is 0 Å². The van der Waals surface area contributed by atoms with E-state index in [-0.39, 0.29) is 39.2 Å². The van der Waals surface area contributed by atoms with E-state index in [9.17, 15) is 0 Å². The first-order chi connectivity index (χ1) is 29.8. The highest BCUT2D eigenvalue weighted by atomic mass is 15.2. The number of aryl methyl sites for hydroxylation is 2. The van der Waals surface area contributed by atoms with Gasteiger partial charge in [-0.05, 0) is 174 Å². The van der Waals surface area contributed by atoms with Crippen LogP contribution < -0.4 is 26.2 Å². The molecular weight excluding hydrogens is 771 g/mol. The maximum atomic E-state index is 2.75. The fourth-order valence-electron chi connectivity index (χ4n) is 12.5. The topological polar surface area (TPSA) is 6.48 Å². The number of anilines is 6. The lowest BCUT2D eigenvalue weighted by atomic mass is 9.32. The number of benzene rings is 6. The molecule has 0 atom stereocenters. The molecule has 3 heteroatoms. The van der Waals surface area contributed by atoms with Crippen LogP contribution >= 0.6 is 0 Å². The standard InChI is InChI=1S/C61H71BN2/c1-37-22-23-40(39-20-18-17-19-21-39)29-50(37)63-49-25-24-41(56(3,4)5)30-47(49)62-48-33-44-45(59(11,12)27-26-58(44,9)10)35-52(48)64(54-32-42(57(6,7)8)31-53(63)55(54)62)51-34-46-43(28-38(51)2)60(13,14)36-61(46,15)16/h17-25,28-35H,26-27,36H2,1-16H3. The summed E-state index contributed by atoms with van der Waals surface area (Å²) in [4.78, 5) is 5.41. The van der Waals surface area contributed by atoms with Gasteiger partial charge in [-0.25, -0.2) is 0 Å². The van der Waals surface area contributed by atoms with Crippen LogP contribution in [0.15, 0.2) is 103 Å². The lowest BCUT2D eigenvalue weighted by Crippen LogP contribution is -2.62. The SMILES string of the molecule is Cc1ccc(-c2ccccc2)cc1N1c2ccc(C(C)(C)C)cc2B2c3cc4c(cc3N(c3cc5c(cc3C)C(C)(C)CC5(C)C)c3cc(C(C)(C)C)cc1c32)C(C)(C)CCC4(C)C. The summed E-state index contributed by atoms with van der Waals surface area (Å²) in [5, 5.41) is 0. The van der Waals surface area contributed by atoms with Crippen molar-refractivity contribution in [1.29, 1.82) is 0 Å². The Kier molecular flexibility index (Phi) is 9.22. The average Bonchev–Trinajstić information content (AvgIpc) is 3.39. The Balaban J connectivity index is 1.37. The van der Waals surface area contributed by atoms with Crippen molar-refractivity contribution in [2.24, 2.45) is 0 Å². The van der Waals surface area contributed by atoms with Gasteiger partial charge in [0.05, 0.1) is 0 Å². The second kappa shape index (κ2) is 13.8. The molecule has 6 aromatic carbocycles. The summed E-state index contributed by atoms with van der Waals surface area (Å²) in [5.74, 6) is 0. The van der Waals surface area contributed by atoms with Gasteiger partial charge in [0.1, 0.15) is 0 Å². The van der Waals surface area contributed by atoms with Crippen molar-refractivity contribution >= 4 is 57.2 Å². The van der Waals surface area contributed by atoms with E-state index in [0.29, 0.717) is 0 Å². The Morgan fingerprint density at radius 2 is 0.938 bits per heavy atom. The first kappa shape index (κ1) is 42.9. The zero-order valence-corrected chi connectivity index (χ0v) is 41.9. The van der Waals surface area contributed by atoms with Crippen molar-refractivity contribution in [3.63, 3.8) is 0 Å². The van der Waals surface area contributed by atoms with Crippen LogP contribution in [0.4, 0.5) is 34.1 Å². The van der Waals surface area contributed by atoms with Gasteiger partial charge in [-0.1, -0.05) is 164 Å². The highest BCUT2D eigenvalue weighted by molar-refractivity contribution is 7.00. The van der Waals surface area contributed by atoms with Crippen molar-refractivity contribution in [1.82, 2.24) is 0 Å². The molecule has 0 saturated heterocycles.